The van der Waals surface area contributed by atoms with Crippen molar-refractivity contribution in [3.63, 3.8) is 0 Å². The number of hydrogen-bond donors (Lipinski definition) is 1. The molecule has 1 aliphatic rings. The first-order chi connectivity index (χ1) is 7.58. The fraction of sp³-hybridized carbons (Fsp3) is 0.583. The van der Waals surface area contributed by atoms with Crippen molar-refractivity contribution in [1.29, 1.82) is 0 Å². The molecular formula is C12H20N4. The lowest BCUT2D eigenvalue weighted by molar-refractivity contribution is 0.206. The van der Waals surface area contributed by atoms with E-state index in [0.717, 1.165) is 13.1 Å². The average Bonchev–Trinajstić information content (AvgIpc) is 2.25. The SMILES string of the molecule is C[C@@H]1CN(c2ccc(N)nc2)[C@@H](C)CN1C. The van der Waals surface area contributed by atoms with E-state index >= 15 is 0 Å². The summed E-state index contributed by atoms with van der Waals surface area (Å²) in [7, 11) is 2.18. The van der Waals surface area contributed by atoms with Crippen LogP contribution in [-0.2, 0) is 0 Å². The molecular weight excluding hydrogens is 200 g/mol. The van der Waals surface area contributed by atoms with Crippen molar-refractivity contribution in [1.82, 2.24) is 9.88 Å². The van der Waals surface area contributed by atoms with E-state index in [1.54, 1.807) is 0 Å². The van der Waals surface area contributed by atoms with Crippen molar-refractivity contribution in [2.45, 2.75) is 25.9 Å². The highest BCUT2D eigenvalue weighted by Crippen LogP contribution is 2.22. The average molecular weight is 220 g/mol. The van der Waals surface area contributed by atoms with Crippen molar-refractivity contribution in [3.05, 3.63) is 18.3 Å². The zero-order chi connectivity index (χ0) is 11.7. The molecule has 0 saturated carbocycles. The standard InChI is InChI=1S/C12H20N4/c1-9-8-16(10(2)7-15(9)3)11-4-5-12(13)14-6-11/h4-6,9-10H,7-8H2,1-3H3,(H2,13,14)/t9-,10+/m1/s1. The lowest BCUT2D eigenvalue weighted by Crippen LogP contribution is -2.55. The first-order valence-corrected chi connectivity index (χ1v) is 5.76. The number of likely N-dealkylation sites (N-methyl/N-ethyl adjacent to an activating group) is 1. The van der Waals surface area contributed by atoms with Crippen LogP contribution in [-0.4, -0.2) is 42.1 Å². The molecule has 0 spiro atoms. The Labute approximate surface area is 97.1 Å². The van der Waals surface area contributed by atoms with Crippen LogP contribution < -0.4 is 10.6 Å². The molecule has 2 atom stereocenters. The number of nitrogens with two attached hydrogens (primary N) is 1. The smallest absolute Gasteiger partial charge is 0.123 e. The zero-order valence-corrected chi connectivity index (χ0v) is 10.2. The topological polar surface area (TPSA) is 45.4 Å². The van der Waals surface area contributed by atoms with Crippen LogP contribution in [0.4, 0.5) is 11.5 Å². The fourth-order valence-electron chi connectivity index (χ4n) is 2.23. The third kappa shape index (κ3) is 2.11. The predicted octanol–water partition coefficient (Wildman–Crippen LogP) is 1.19. The van der Waals surface area contributed by atoms with E-state index in [4.69, 9.17) is 5.73 Å². The van der Waals surface area contributed by atoms with E-state index < -0.39 is 0 Å². The van der Waals surface area contributed by atoms with Crippen molar-refractivity contribution >= 4 is 11.5 Å². The highest BCUT2D eigenvalue weighted by Gasteiger charge is 2.26. The van der Waals surface area contributed by atoms with Gasteiger partial charge < -0.3 is 10.6 Å². The molecule has 1 saturated heterocycles. The van der Waals surface area contributed by atoms with Crippen molar-refractivity contribution in [2.24, 2.45) is 0 Å². The second-order valence-electron chi connectivity index (χ2n) is 4.73. The minimum Gasteiger partial charge on any atom is -0.384 e. The van der Waals surface area contributed by atoms with Crippen LogP contribution in [0.15, 0.2) is 18.3 Å². The molecule has 4 heteroatoms. The summed E-state index contributed by atoms with van der Waals surface area (Å²) < 4.78 is 0. The maximum absolute atomic E-state index is 5.60. The maximum Gasteiger partial charge on any atom is 0.123 e. The molecule has 88 valence electrons. The van der Waals surface area contributed by atoms with Crippen molar-refractivity contribution in [2.75, 3.05) is 30.8 Å². The summed E-state index contributed by atoms with van der Waals surface area (Å²) in [4.78, 5) is 8.95. The largest absolute Gasteiger partial charge is 0.384 e. The first-order valence-electron chi connectivity index (χ1n) is 5.76. The number of hydrogen-bond acceptors (Lipinski definition) is 4. The lowest BCUT2D eigenvalue weighted by atomic mass is 10.1. The van der Waals surface area contributed by atoms with Gasteiger partial charge in [-0.05, 0) is 33.0 Å². The van der Waals surface area contributed by atoms with E-state index in [2.05, 4.69) is 41.7 Å². The molecule has 0 aromatic carbocycles. The normalized spacial score (nSPS) is 27.1. The number of piperazine rings is 1. The quantitative estimate of drug-likeness (QED) is 0.772. The number of nitrogen functional groups attached to an aromatic ring is 1. The van der Waals surface area contributed by atoms with Crippen LogP contribution in [0.3, 0.4) is 0 Å². The summed E-state index contributed by atoms with van der Waals surface area (Å²) in [6, 6.07) is 5.02. The van der Waals surface area contributed by atoms with Gasteiger partial charge in [-0.3, -0.25) is 4.90 Å². The van der Waals surface area contributed by atoms with Gasteiger partial charge in [0.1, 0.15) is 5.82 Å². The molecule has 0 bridgehead atoms. The Hall–Kier alpha value is -1.29. The molecule has 2 heterocycles. The number of pyridine rings is 1. The second-order valence-corrected chi connectivity index (χ2v) is 4.73. The van der Waals surface area contributed by atoms with Crippen LogP contribution in [0.5, 0.6) is 0 Å². The van der Waals surface area contributed by atoms with E-state index in [1.807, 2.05) is 12.3 Å². The van der Waals surface area contributed by atoms with E-state index in [1.165, 1.54) is 5.69 Å². The van der Waals surface area contributed by atoms with Crippen LogP contribution in [0, 0.1) is 0 Å². The number of anilines is 2. The van der Waals surface area contributed by atoms with Crippen LogP contribution in [0.1, 0.15) is 13.8 Å². The van der Waals surface area contributed by atoms with Gasteiger partial charge in [-0.15, -0.1) is 0 Å². The van der Waals surface area contributed by atoms with Gasteiger partial charge in [0.15, 0.2) is 0 Å². The molecule has 0 radical (unpaired) electrons. The Morgan fingerprint density at radius 1 is 1.25 bits per heavy atom. The van der Waals surface area contributed by atoms with Crippen LogP contribution >= 0.6 is 0 Å². The van der Waals surface area contributed by atoms with Gasteiger partial charge in [0.05, 0.1) is 11.9 Å². The Morgan fingerprint density at radius 3 is 2.62 bits per heavy atom. The van der Waals surface area contributed by atoms with E-state index in [-0.39, 0.29) is 0 Å². The van der Waals surface area contributed by atoms with Gasteiger partial charge in [-0.2, -0.15) is 0 Å². The molecule has 0 aliphatic carbocycles. The maximum atomic E-state index is 5.60. The molecule has 2 rings (SSSR count). The summed E-state index contributed by atoms with van der Waals surface area (Å²) in [5.74, 6) is 0.582. The summed E-state index contributed by atoms with van der Waals surface area (Å²) >= 11 is 0. The lowest BCUT2D eigenvalue weighted by Gasteiger charge is -2.43. The monoisotopic (exact) mass is 220 g/mol. The molecule has 0 unspecified atom stereocenters. The third-order valence-corrected chi connectivity index (χ3v) is 3.40. The van der Waals surface area contributed by atoms with E-state index in [0.29, 0.717) is 17.9 Å². The third-order valence-electron chi connectivity index (χ3n) is 3.40. The number of rotatable bonds is 1. The highest BCUT2D eigenvalue weighted by molar-refractivity contribution is 5.49. The molecule has 1 aliphatic heterocycles. The van der Waals surface area contributed by atoms with Crippen LogP contribution in [0.25, 0.3) is 0 Å². The Morgan fingerprint density at radius 2 is 2.00 bits per heavy atom. The van der Waals surface area contributed by atoms with Gasteiger partial charge in [-0.25, -0.2) is 4.98 Å². The molecule has 16 heavy (non-hydrogen) atoms. The zero-order valence-electron chi connectivity index (χ0n) is 10.2. The Bertz CT molecular complexity index is 349. The van der Waals surface area contributed by atoms with Crippen molar-refractivity contribution in [3.8, 4) is 0 Å². The summed E-state index contributed by atoms with van der Waals surface area (Å²) in [5, 5.41) is 0. The Balaban J connectivity index is 2.17. The fourth-order valence-corrected chi connectivity index (χ4v) is 2.23. The molecule has 1 aromatic rings. The molecule has 1 fully saturated rings. The predicted molar refractivity (Wildman–Crippen MR) is 67.5 cm³/mol. The first kappa shape index (κ1) is 11.2. The van der Waals surface area contributed by atoms with Gasteiger partial charge in [0.2, 0.25) is 0 Å². The van der Waals surface area contributed by atoms with Crippen LogP contribution in [0.2, 0.25) is 0 Å². The number of nitrogens with zero attached hydrogens (tertiary/aromatic N) is 3. The summed E-state index contributed by atoms with van der Waals surface area (Å²) in [5.41, 5.74) is 6.77. The molecule has 1 aromatic heterocycles. The Kier molecular flexibility index (Phi) is 3.01. The summed E-state index contributed by atoms with van der Waals surface area (Å²) in [6.45, 7) is 6.64. The minimum atomic E-state index is 0.520. The van der Waals surface area contributed by atoms with Crippen molar-refractivity contribution < 1.29 is 0 Å². The molecule has 4 nitrogen and oxygen atoms in total. The van der Waals surface area contributed by atoms with Gasteiger partial charge in [0.25, 0.3) is 0 Å². The second kappa shape index (κ2) is 4.29. The minimum absolute atomic E-state index is 0.520. The highest BCUT2D eigenvalue weighted by atomic mass is 15.3. The van der Waals surface area contributed by atoms with Gasteiger partial charge in [-0.1, -0.05) is 0 Å². The van der Waals surface area contributed by atoms with E-state index in [9.17, 15) is 0 Å². The van der Waals surface area contributed by atoms with Gasteiger partial charge in [0, 0.05) is 25.2 Å². The number of aromatic nitrogens is 1. The molecule has 0 amide bonds. The van der Waals surface area contributed by atoms with Gasteiger partial charge >= 0.3 is 0 Å². The summed E-state index contributed by atoms with van der Waals surface area (Å²) in [6.07, 6.45) is 1.86. The molecule has 2 N–H and O–H groups in total.